The molecule has 1 aromatic carbocycles. The smallest absolute Gasteiger partial charge is 0.338 e. The normalized spacial score (nSPS) is 24.7. The predicted molar refractivity (Wildman–Crippen MR) is 90.1 cm³/mol. The molecule has 6 heteroatoms. The first-order chi connectivity index (χ1) is 11.7. The van der Waals surface area contributed by atoms with Gasteiger partial charge in [-0.25, -0.2) is 14.8 Å². The van der Waals surface area contributed by atoms with E-state index in [4.69, 9.17) is 5.11 Å². The molecule has 0 radical (unpaired) electrons. The summed E-state index contributed by atoms with van der Waals surface area (Å²) in [7, 11) is 0. The molecule has 6 nitrogen and oxygen atoms in total. The van der Waals surface area contributed by atoms with Crippen LogP contribution in [0.25, 0.3) is 0 Å². The number of nitrogens with one attached hydrogen (secondary N) is 1. The van der Waals surface area contributed by atoms with Crippen LogP contribution in [-0.2, 0) is 6.42 Å². The Balaban J connectivity index is 1.25. The minimum atomic E-state index is -0.992. The number of carbonyl (C=O) groups is 1. The number of nitrogens with zero attached hydrogens (tertiary/aromatic N) is 3. The molecule has 2 aliphatic rings. The second kappa shape index (κ2) is 6.20. The molecule has 3 atom stereocenters. The van der Waals surface area contributed by atoms with Gasteiger partial charge >= 0.3 is 5.97 Å². The summed E-state index contributed by atoms with van der Waals surface area (Å²) in [5.41, 5.74) is 1.49. The van der Waals surface area contributed by atoms with E-state index in [0.717, 1.165) is 26.1 Å². The molecule has 0 bridgehead atoms. The van der Waals surface area contributed by atoms with E-state index < -0.39 is 5.97 Å². The molecule has 0 spiro atoms. The minimum Gasteiger partial charge on any atom is -0.478 e. The Kier molecular flexibility index (Phi) is 3.90. The maximum Gasteiger partial charge on any atom is 0.338 e. The number of piperidine rings is 1. The van der Waals surface area contributed by atoms with E-state index in [9.17, 15) is 4.79 Å². The first kappa shape index (κ1) is 15.1. The highest BCUT2D eigenvalue weighted by molar-refractivity contribution is 5.86. The molecule has 4 rings (SSSR count). The van der Waals surface area contributed by atoms with Gasteiger partial charge in [0, 0.05) is 31.5 Å². The Morgan fingerprint density at radius 1 is 1.17 bits per heavy atom. The first-order valence-corrected chi connectivity index (χ1v) is 8.30. The Morgan fingerprint density at radius 3 is 2.46 bits per heavy atom. The first-order valence-electron chi connectivity index (χ1n) is 8.30. The fourth-order valence-electron chi connectivity index (χ4n) is 3.62. The fourth-order valence-corrected chi connectivity index (χ4v) is 3.62. The van der Waals surface area contributed by atoms with Crippen molar-refractivity contribution in [2.75, 3.05) is 24.5 Å². The highest BCUT2D eigenvalue weighted by Crippen LogP contribution is 2.46. The van der Waals surface area contributed by atoms with Crippen molar-refractivity contribution >= 4 is 11.9 Å². The molecule has 0 amide bonds. The fraction of sp³-hybridized carbons (Fsp3) is 0.389. The number of carboxylic acid groups (broad SMARTS) is 1. The molecule has 1 aromatic heterocycles. The van der Waals surface area contributed by atoms with Crippen molar-refractivity contribution in [1.29, 1.82) is 0 Å². The topological polar surface area (TPSA) is 78.3 Å². The number of carboxylic acids is 1. The summed E-state index contributed by atoms with van der Waals surface area (Å²) in [5.74, 6) is 0.954. The van der Waals surface area contributed by atoms with Crippen molar-refractivity contribution in [2.45, 2.75) is 12.5 Å². The largest absolute Gasteiger partial charge is 0.478 e. The lowest BCUT2D eigenvalue weighted by atomic mass is 10.1. The van der Waals surface area contributed by atoms with Crippen LogP contribution in [0.3, 0.4) is 0 Å². The summed E-state index contributed by atoms with van der Waals surface area (Å²) < 4.78 is 0. The van der Waals surface area contributed by atoms with Crippen LogP contribution in [0.4, 0.5) is 5.95 Å². The highest BCUT2D eigenvalue weighted by Gasteiger charge is 2.55. The van der Waals surface area contributed by atoms with E-state index in [-0.39, 0.29) is 5.56 Å². The van der Waals surface area contributed by atoms with Gasteiger partial charge in [-0.05, 0) is 30.4 Å². The summed E-state index contributed by atoms with van der Waals surface area (Å²) in [5, 5.41) is 12.5. The number of fused-ring (bicyclic) bond motifs is 1. The molecule has 124 valence electrons. The Bertz CT molecular complexity index is 708. The van der Waals surface area contributed by atoms with Crippen LogP contribution in [0.2, 0.25) is 0 Å². The van der Waals surface area contributed by atoms with Gasteiger partial charge < -0.3 is 15.3 Å². The average molecular weight is 324 g/mol. The van der Waals surface area contributed by atoms with E-state index >= 15 is 0 Å². The van der Waals surface area contributed by atoms with Gasteiger partial charge in [-0.15, -0.1) is 0 Å². The maximum atomic E-state index is 10.8. The van der Waals surface area contributed by atoms with Crippen molar-refractivity contribution in [3.05, 3.63) is 53.9 Å². The number of anilines is 1. The van der Waals surface area contributed by atoms with E-state index in [1.807, 2.05) is 6.07 Å². The number of aromatic carboxylic acids is 1. The van der Waals surface area contributed by atoms with Gasteiger partial charge in [0.15, 0.2) is 0 Å². The molecular weight excluding hydrogens is 304 g/mol. The van der Waals surface area contributed by atoms with Gasteiger partial charge in [0.2, 0.25) is 5.95 Å². The number of aromatic nitrogens is 2. The molecular formula is C18H20N4O2. The van der Waals surface area contributed by atoms with Crippen molar-refractivity contribution in [3.8, 4) is 0 Å². The maximum absolute atomic E-state index is 10.8. The molecule has 2 heterocycles. The Morgan fingerprint density at radius 2 is 1.83 bits per heavy atom. The highest BCUT2D eigenvalue weighted by atomic mass is 16.4. The molecule has 2 fully saturated rings. The van der Waals surface area contributed by atoms with Crippen molar-refractivity contribution in [3.63, 3.8) is 0 Å². The standard InChI is InChI=1S/C18H20N4O2/c23-17(24)13-8-20-18(21-9-13)22-10-14-15(11-22)16(14)19-7-6-12-4-2-1-3-5-12/h1-5,8-9,14-16,19H,6-7,10-11H2,(H,23,24)/t14-,15+,16?. The number of hydrogen-bond acceptors (Lipinski definition) is 5. The summed E-state index contributed by atoms with van der Waals surface area (Å²) >= 11 is 0. The van der Waals surface area contributed by atoms with Crippen LogP contribution in [-0.4, -0.2) is 46.7 Å². The van der Waals surface area contributed by atoms with Crippen molar-refractivity contribution < 1.29 is 9.90 Å². The molecule has 1 saturated carbocycles. The van der Waals surface area contributed by atoms with Crippen molar-refractivity contribution in [2.24, 2.45) is 11.8 Å². The van der Waals surface area contributed by atoms with Crippen LogP contribution in [0, 0.1) is 11.8 Å². The van der Waals surface area contributed by atoms with Gasteiger partial charge in [0.25, 0.3) is 0 Å². The zero-order chi connectivity index (χ0) is 16.5. The van der Waals surface area contributed by atoms with E-state index in [0.29, 0.717) is 23.8 Å². The van der Waals surface area contributed by atoms with Gasteiger partial charge in [-0.3, -0.25) is 0 Å². The molecule has 1 aliphatic heterocycles. The molecule has 24 heavy (non-hydrogen) atoms. The number of rotatable bonds is 6. The lowest BCUT2D eigenvalue weighted by molar-refractivity contribution is 0.0696. The molecule has 2 N–H and O–H groups in total. The summed E-state index contributed by atoms with van der Waals surface area (Å²) in [4.78, 5) is 21.3. The van der Waals surface area contributed by atoms with Crippen LogP contribution in [0.15, 0.2) is 42.7 Å². The van der Waals surface area contributed by atoms with E-state index in [1.165, 1.54) is 18.0 Å². The number of hydrogen-bond donors (Lipinski definition) is 2. The average Bonchev–Trinajstić information content (AvgIpc) is 3.05. The van der Waals surface area contributed by atoms with E-state index in [2.05, 4.69) is 44.5 Å². The van der Waals surface area contributed by atoms with Gasteiger partial charge in [-0.1, -0.05) is 30.3 Å². The predicted octanol–water partition coefficient (Wildman–Crippen LogP) is 1.44. The van der Waals surface area contributed by atoms with Crippen molar-refractivity contribution in [1.82, 2.24) is 15.3 Å². The Labute approximate surface area is 140 Å². The molecule has 1 aliphatic carbocycles. The monoisotopic (exact) mass is 324 g/mol. The zero-order valence-corrected chi connectivity index (χ0v) is 13.3. The van der Waals surface area contributed by atoms with Gasteiger partial charge in [0.05, 0.1) is 5.56 Å². The zero-order valence-electron chi connectivity index (χ0n) is 13.3. The second-order valence-electron chi connectivity index (χ2n) is 6.53. The third-order valence-corrected chi connectivity index (χ3v) is 5.00. The number of benzene rings is 1. The Hall–Kier alpha value is -2.47. The SMILES string of the molecule is O=C(O)c1cnc(N2C[C@@H]3C(NCCc4ccccc4)[C@@H]3C2)nc1. The van der Waals surface area contributed by atoms with Gasteiger partial charge in [0.1, 0.15) is 0 Å². The van der Waals surface area contributed by atoms with E-state index in [1.54, 1.807) is 0 Å². The summed E-state index contributed by atoms with van der Waals surface area (Å²) in [6.45, 7) is 2.89. The summed E-state index contributed by atoms with van der Waals surface area (Å²) in [6, 6.07) is 11.1. The lowest BCUT2D eigenvalue weighted by Gasteiger charge is -2.20. The summed E-state index contributed by atoms with van der Waals surface area (Å²) in [6.07, 6.45) is 3.81. The van der Waals surface area contributed by atoms with Crippen LogP contribution in [0.1, 0.15) is 15.9 Å². The molecule has 1 saturated heterocycles. The molecule has 2 aromatic rings. The minimum absolute atomic E-state index is 0.128. The molecule has 1 unspecified atom stereocenters. The second-order valence-corrected chi connectivity index (χ2v) is 6.53. The lowest BCUT2D eigenvalue weighted by Crippen LogP contribution is -2.33. The quantitative estimate of drug-likeness (QED) is 0.837. The van der Waals surface area contributed by atoms with Crippen LogP contribution < -0.4 is 10.2 Å². The van der Waals surface area contributed by atoms with Crippen LogP contribution in [0.5, 0.6) is 0 Å². The third-order valence-electron chi connectivity index (χ3n) is 5.00. The van der Waals surface area contributed by atoms with Crippen LogP contribution >= 0.6 is 0 Å². The third kappa shape index (κ3) is 2.97. The van der Waals surface area contributed by atoms with Gasteiger partial charge in [-0.2, -0.15) is 0 Å².